The molecule has 2 aromatic rings. The van der Waals surface area contributed by atoms with E-state index in [2.05, 4.69) is 16.2 Å². The van der Waals surface area contributed by atoms with Crippen LogP contribution >= 0.6 is 0 Å². The molecule has 2 saturated heterocycles. The van der Waals surface area contributed by atoms with E-state index in [0.717, 1.165) is 37.0 Å². The largest absolute Gasteiger partial charge is 0.360 e. The van der Waals surface area contributed by atoms with Crippen molar-refractivity contribution < 1.29 is 9.59 Å². The maximum absolute atomic E-state index is 12.8. The fraction of sp³-hybridized carbons (Fsp3) is 0.550. The highest BCUT2D eigenvalue weighted by Gasteiger charge is 2.38. The number of aromatic amines is 1. The number of nitrogens with zero attached hydrogens (tertiary/aromatic N) is 3. The number of rotatable bonds is 3. The number of amides is 2. The van der Waals surface area contributed by atoms with Gasteiger partial charge in [-0.05, 0) is 50.3 Å². The van der Waals surface area contributed by atoms with E-state index in [4.69, 9.17) is 0 Å². The maximum atomic E-state index is 12.8. The van der Waals surface area contributed by atoms with Gasteiger partial charge in [-0.1, -0.05) is 0 Å². The minimum absolute atomic E-state index is 0.109. The van der Waals surface area contributed by atoms with Crippen LogP contribution < -0.4 is 0 Å². The molecule has 0 aromatic carbocycles. The van der Waals surface area contributed by atoms with Gasteiger partial charge in [0.25, 0.3) is 0 Å². The summed E-state index contributed by atoms with van der Waals surface area (Å²) >= 11 is 0. The van der Waals surface area contributed by atoms with Crippen molar-refractivity contribution in [3.8, 4) is 0 Å². The lowest BCUT2D eigenvalue weighted by Crippen LogP contribution is -2.42. The lowest BCUT2D eigenvalue weighted by Gasteiger charge is -2.33. The molecule has 2 aromatic heterocycles. The van der Waals surface area contributed by atoms with Gasteiger partial charge in [0.2, 0.25) is 11.8 Å². The fourth-order valence-corrected chi connectivity index (χ4v) is 4.35. The van der Waals surface area contributed by atoms with Crippen LogP contribution in [-0.2, 0) is 9.59 Å². The molecule has 26 heavy (non-hydrogen) atoms. The monoisotopic (exact) mass is 354 g/mol. The summed E-state index contributed by atoms with van der Waals surface area (Å²) in [6, 6.07) is 4.15. The highest BCUT2D eigenvalue weighted by molar-refractivity contribution is 5.89. The molecule has 0 bridgehead atoms. The lowest BCUT2D eigenvalue weighted by atomic mass is 9.89. The molecule has 1 unspecified atom stereocenters. The van der Waals surface area contributed by atoms with Gasteiger partial charge in [-0.25, -0.2) is 0 Å². The van der Waals surface area contributed by atoms with Gasteiger partial charge >= 0.3 is 0 Å². The molecule has 2 aliphatic rings. The SMILES string of the molecule is CC(C)N1CC(C(=O)N2CCC(c3c[nH]c4cccnc34)CC2)CC1=O. The zero-order chi connectivity index (χ0) is 18.3. The minimum Gasteiger partial charge on any atom is -0.360 e. The molecular formula is C20H26N4O2. The van der Waals surface area contributed by atoms with Crippen LogP contribution in [0.5, 0.6) is 0 Å². The van der Waals surface area contributed by atoms with E-state index < -0.39 is 0 Å². The number of pyridine rings is 1. The number of likely N-dealkylation sites (tertiary alicyclic amines) is 2. The first-order valence-corrected chi connectivity index (χ1v) is 9.55. The number of hydrogen-bond donors (Lipinski definition) is 1. The van der Waals surface area contributed by atoms with Crippen LogP contribution in [0.1, 0.15) is 44.6 Å². The summed E-state index contributed by atoms with van der Waals surface area (Å²) in [5.74, 6) is 0.520. The normalized spacial score (nSPS) is 22.0. The third-order valence-electron chi connectivity index (χ3n) is 5.84. The first-order valence-electron chi connectivity index (χ1n) is 9.55. The molecule has 4 heterocycles. The predicted octanol–water partition coefficient (Wildman–Crippen LogP) is 2.53. The summed E-state index contributed by atoms with van der Waals surface area (Å²) < 4.78 is 0. The van der Waals surface area contributed by atoms with Gasteiger partial charge in [0.15, 0.2) is 0 Å². The molecule has 6 nitrogen and oxygen atoms in total. The van der Waals surface area contributed by atoms with Crippen molar-refractivity contribution in [2.24, 2.45) is 5.92 Å². The second kappa shape index (κ2) is 6.74. The molecule has 0 spiro atoms. The van der Waals surface area contributed by atoms with E-state index in [1.165, 1.54) is 5.56 Å². The Labute approximate surface area is 153 Å². The fourth-order valence-electron chi connectivity index (χ4n) is 4.35. The first kappa shape index (κ1) is 17.1. The molecule has 2 aliphatic heterocycles. The molecule has 0 saturated carbocycles. The minimum atomic E-state index is -0.170. The molecule has 6 heteroatoms. The molecule has 1 atom stereocenters. The van der Waals surface area contributed by atoms with Gasteiger partial charge in [0, 0.05) is 44.5 Å². The zero-order valence-corrected chi connectivity index (χ0v) is 15.4. The van der Waals surface area contributed by atoms with Crippen molar-refractivity contribution in [3.63, 3.8) is 0 Å². The Hall–Kier alpha value is -2.37. The van der Waals surface area contributed by atoms with Crippen molar-refractivity contribution in [2.75, 3.05) is 19.6 Å². The van der Waals surface area contributed by atoms with Crippen LogP contribution in [0, 0.1) is 5.92 Å². The number of nitrogens with one attached hydrogen (secondary N) is 1. The molecule has 4 rings (SSSR count). The number of H-pyrrole nitrogens is 1. The second-order valence-corrected chi connectivity index (χ2v) is 7.78. The smallest absolute Gasteiger partial charge is 0.227 e. The Bertz CT molecular complexity index is 820. The quantitative estimate of drug-likeness (QED) is 0.921. The summed E-state index contributed by atoms with van der Waals surface area (Å²) in [6.45, 7) is 6.10. The summed E-state index contributed by atoms with van der Waals surface area (Å²) in [4.78, 5) is 36.5. The average molecular weight is 354 g/mol. The summed E-state index contributed by atoms with van der Waals surface area (Å²) in [5.41, 5.74) is 3.38. The number of carbonyl (C=O) groups is 2. The number of fused-ring (bicyclic) bond motifs is 1. The summed E-state index contributed by atoms with van der Waals surface area (Å²) in [7, 11) is 0. The predicted molar refractivity (Wildman–Crippen MR) is 99.6 cm³/mol. The Kier molecular flexibility index (Phi) is 4.42. The molecule has 0 aliphatic carbocycles. The van der Waals surface area contributed by atoms with Crippen molar-refractivity contribution in [3.05, 3.63) is 30.1 Å². The summed E-state index contributed by atoms with van der Waals surface area (Å²) in [6.07, 6.45) is 6.16. The van der Waals surface area contributed by atoms with Gasteiger partial charge < -0.3 is 14.8 Å². The van der Waals surface area contributed by atoms with E-state index in [-0.39, 0.29) is 23.8 Å². The van der Waals surface area contributed by atoms with E-state index in [1.54, 1.807) is 0 Å². The van der Waals surface area contributed by atoms with Crippen molar-refractivity contribution in [1.82, 2.24) is 19.8 Å². The van der Waals surface area contributed by atoms with E-state index in [1.807, 2.05) is 42.0 Å². The summed E-state index contributed by atoms with van der Waals surface area (Å²) in [5, 5.41) is 0. The third-order valence-corrected chi connectivity index (χ3v) is 5.84. The highest BCUT2D eigenvalue weighted by atomic mass is 16.2. The highest BCUT2D eigenvalue weighted by Crippen LogP contribution is 2.33. The third kappa shape index (κ3) is 2.97. The molecule has 138 valence electrons. The van der Waals surface area contributed by atoms with E-state index in [0.29, 0.717) is 18.9 Å². The number of hydrogen-bond acceptors (Lipinski definition) is 3. The average Bonchev–Trinajstić information content (AvgIpc) is 3.25. The second-order valence-electron chi connectivity index (χ2n) is 7.78. The van der Waals surface area contributed by atoms with Crippen LogP contribution in [0.4, 0.5) is 0 Å². The Morgan fingerprint density at radius 1 is 1.31 bits per heavy atom. The zero-order valence-electron chi connectivity index (χ0n) is 15.4. The lowest BCUT2D eigenvalue weighted by molar-refractivity contribution is -0.136. The van der Waals surface area contributed by atoms with Gasteiger partial charge in [-0.15, -0.1) is 0 Å². The van der Waals surface area contributed by atoms with Crippen LogP contribution in [0.25, 0.3) is 11.0 Å². The van der Waals surface area contributed by atoms with Crippen molar-refractivity contribution in [2.45, 2.75) is 45.1 Å². The Morgan fingerprint density at radius 3 is 2.77 bits per heavy atom. The van der Waals surface area contributed by atoms with Gasteiger partial charge in [0.05, 0.1) is 17.0 Å². The first-order chi connectivity index (χ1) is 12.5. The van der Waals surface area contributed by atoms with Gasteiger partial charge in [-0.3, -0.25) is 14.6 Å². The Morgan fingerprint density at radius 2 is 2.08 bits per heavy atom. The molecule has 1 N–H and O–H groups in total. The molecule has 2 fully saturated rings. The standard InChI is InChI=1S/C20H26N4O2/c1-13(2)24-12-15(10-18(24)25)20(26)23-8-5-14(6-9-23)16-11-22-17-4-3-7-21-19(16)17/h3-4,7,11,13-15,22H,5-6,8-10,12H2,1-2H3. The van der Waals surface area contributed by atoms with Crippen LogP contribution in [0.15, 0.2) is 24.5 Å². The number of piperidine rings is 1. The van der Waals surface area contributed by atoms with Gasteiger partial charge in [0.1, 0.15) is 0 Å². The van der Waals surface area contributed by atoms with Gasteiger partial charge in [-0.2, -0.15) is 0 Å². The number of carbonyl (C=O) groups excluding carboxylic acids is 2. The van der Waals surface area contributed by atoms with E-state index >= 15 is 0 Å². The molecule has 0 radical (unpaired) electrons. The van der Waals surface area contributed by atoms with Crippen LogP contribution in [0.3, 0.4) is 0 Å². The van der Waals surface area contributed by atoms with E-state index in [9.17, 15) is 9.59 Å². The Balaban J connectivity index is 1.39. The van der Waals surface area contributed by atoms with Crippen molar-refractivity contribution in [1.29, 1.82) is 0 Å². The molecular weight excluding hydrogens is 328 g/mol. The van der Waals surface area contributed by atoms with Crippen LogP contribution in [0.2, 0.25) is 0 Å². The molecule has 2 amide bonds. The van der Waals surface area contributed by atoms with Crippen molar-refractivity contribution >= 4 is 22.8 Å². The topological polar surface area (TPSA) is 69.3 Å². The maximum Gasteiger partial charge on any atom is 0.227 e. The number of aromatic nitrogens is 2. The van der Waals surface area contributed by atoms with Crippen LogP contribution in [-0.4, -0.2) is 57.3 Å².